The highest BCUT2D eigenvalue weighted by Crippen LogP contribution is 2.28. The number of rotatable bonds is 6. The van der Waals surface area contributed by atoms with Crippen molar-refractivity contribution in [2.24, 2.45) is 0 Å². The highest BCUT2D eigenvalue weighted by atomic mass is 32.2. The van der Waals surface area contributed by atoms with Gasteiger partial charge in [0.15, 0.2) is 0 Å². The number of amides is 1. The second-order valence-corrected chi connectivity index (χ2v) is 10.00. The Bertz CT molecular complexity index is 935. The second-order valence-electron chi connectivity index (χ2n) is 8.11. The van der Waals surface area contributed by atoms with E-state index < -0.39 is 10.0 Å². The number of hydrogen-bond donors (Lipinski definition) is 1. The minimum atomic E-state index is -3.61. The maximum atomic E-state index is 13.1. The molecule has 3 rings (SSSR count). The molecule has 156 valence electrons. The SMILES string of the molecule is Cc1ccc(S(=O)(=O)N2CCCC[C@H]2CC(=O)Nc2ccc(C(C)C)cc2)cc1. The van der Waals surface area contributed by atoms with Gasteiger partial charge in [-0.25, -0.2) is 8.42 Å². The molecule has 1 atom stereocenters. The van der Waals surface area contributed by atoms with Crippen LogP contribution in [0.15, 0.2) is 53.4 Å². The first-order valence-electron chi connectivity index (χ1n) is 10.3. The number of carbonyl (C=O) groups excluding carboxylic acids is 1. The molecule has 1 aliphatic rings. The van der Waals surface area contributed by atoms with Gasteiger partial charge in [0.25, 0.3) is 0 Å². The normalized spacial score (nSPS) is 18.0. The minimum absolute atomic E-state index is 0.154. The molecule has 1 amide bonds. The maximum absolute atomic E-state index is 13.1. The van der Waals surface area contributed by atoms with Gasteiger partial charge in [-0.3, -0.25) is 4.79 Å². The molecule has 0 saturated carbocycles. The zero-order valence-electron chi connectivity index (χ0n) is 17.4. The average molecular weight is 415 g/mol. The van der Waals surface area contributed by atoms with Crippen molar-refractivity contribution in [2.75, 3.05) is 11.9 Å². The predicted molar refractivity (Wildman–Crippen MR) is 116 cm³/mol. The molecule has 6 heteroatoms. The molecule has 0 bridgehead atoms. The van der Waals surface area contributed by atoms with Crippen LogP contribution in [0.2, 0.25) is 0 Å². The summed E-state index contributed by atoms with van der Waals surface area (Å²) >= 11 is 0. The molecule has 2 aromatic rings. The van der Waals surface area contributed by atoms with Crippen LogP contribution in [-0.2, 0) is 14.8 Å². The molecular formula is C23H30N2O3S. The van der Waals surface area contributed by atoms with Gasteiger partial charge in [0, 0.05) is 24.7 Å². The van der Waals surface area contributed by atoms with Gasteiger partial charge in [0.1, 0.15) is 0 Å². The van der Waals surface area contributed by atoms with Crippen molar-refractivity contribution in [3.8, 4) is 0 Å². The van der Waals surface area contributed by atoms with E-state index in [1.807, 2.05) is 31.2 Å². The summed E-state index contributed by atoms with van der Waals surface area (Å²) in [5.41, 5.74) is 2.97. The minimum Gasteiger partial charge on any atom is -0.326 e. The third-order valence-electron chi connectivity index (χ3n) is 5.48. The fourth-order valence-corrected chi connectivity index (χ4v) is 5.41. The number of piperidine rings is 1. The van der Waals surface area contributed by atoms with E-state index in [4.69, 9.17) is 0 Å². The van der Waals surface area contributed by atoms with Gasteiger partial charge < -0.3 is 5.32 Å². The molecule has 0 aromatic heterocycles. The van der Waals surface area contributed by atoms with E-state index in [2.05, 4.69) is 19.2 Å². The fourth-order valence-electron chi connectivity index (χ4n) is 3.72. The van der Waals surface area contributed by atoms with Gasteiger partial charge in [-0.1, -0.05) is 50.1 Å². The molecule has 0 radical (unpaired) electrons. The monoisotopic (exact) mass is 414 g/mol. The van der Waals surface area contributed by atoms with Crippen molar-refractivity contribution in [1.82, 2.24) is 4.31 Å². The summed E-state index contributed by atoms with van der Waals surface area (Å²) in [4.78, 5) is 12.9. The van der Waals surface area contributed by atoms with E-state index in [-0.39, 0.29) is 18.4 Å². The number of carbonyl (C=O) groups is 1. The van der Waals surface area contributed by atoms with Crippen LogP contribution in [0.4, 0.5) is 5.69 Å². The van der Waals surface area contributed by atoms with Gasteiger partial charge in [-0.15, -0.1) is 0 Å². The molecule has 1 N–H and O–H groups in total. The standard InChI is InChI=1S/C23H30N2O3S/c1-17(2)19-9-11-20(12-10-19)24-23(26)16-21-6-4-5-15-25(21)29(27,28)22-13-7-18(3)8-14-22/h7-14,17,21H,4-6,15-16H2,1-3H3,(H,24,26)/t21-/m0/s1. The third kappa shape index (κ3) is 5.25. The van der Waals surface area contributed by atoms with Crippen LogP contribution in [0.1, 0.15) is 56.6 Å². The second kappa shape index (κ2) is 9.09. The number of nitrogens with zero attached hydrogens (tertiary/aromatic N) is 1. The summed E-state index contributed by atoms with van der Waals surface area (Å²) in [6.45, 7) is 6.63. The molecule has 1 aliphatic heterocycles. The van der Waals surface area contributed by atoms with Crippen LogP contribution in [0, 0.1) is 6.92 Å². The Hall–Kier alpha value is -2.18. The van der Waals surface area contributed by atoms with E-state index in [1.54, 1.807) is 24.3 Å². The van der Waals surface area contributed by atoms with Crippen molar-refractivity contribution in [3.63, 3.8) is 0 Å². The summed E-state index contributed by atoms with van der Waals surface area (Å²) in [6.07, 6.45) is 2.61. The first-order chi connectivity index (χ1) is 13.8. The van der Waals surface area contributed by atoms with Crippen LogP contribution < -0.4 is 5.32 Å². The Morgan fingerprint density at radius 1 is 1.07 bits per heavy atom. The van der Waals surface area contributed by atoms with E-state index in [9.17, 15) is 13.2 Å². The van der Waals surface area contributed by atoms with E-state index in [0.29, 0.717) is 23.8 Å². The topological polar surface area (TPSA) is 66.5 Å². The molecule has 1 fully saturated rings. The van der Waals surface area contributed by atoms with Gasteiger partial charge in [-0.2, -0.15) is 4.31 Å². The number of nitrogens with one attached hydrogen (secondary N) is 1. The Kier molecular flexibility index (Phi) is 6.75. The van der Waals surface area contributed by atoms with Crippen LogP contribution >= 0.6 is 0 Å². The molecule has 0 unspecified atom stereocenters. The molecular weight excluding hydrogens is 384 g/mol. The van der Waals surface area contributed by atoms with Crippen molar-refractivity contribution in [1.29, 1.82) is 0 Å². The summed E-state index contributed by atoms with van der Waals surface area (Å²) in [5, 5.41) is 2.91. The Balaban J connectivity index is 1.70. The van der Waals surface area contributed by atoms with E-state index >= 15 is 0 Å². The van der Waals surface area contributed by atoms with Gasteiger partial charge in [0.2, 0.25) is 15.9 Å². The largest absolute Gasteiger partial charge is 0.326 e. The highest BCUT2D eigenvalue weighted by Gasteiger charge is 2.34. The quantitative estimate of drug-likeness (QED) is 0.746. The Morgan fingerprint density at radius 3 is 2.34 bits per heavy atom. The Morgan fingerprint density at radius 2 is 1.72 bits per heavy atom. The Labute approximate surface area is 174 Å². The molecule has 2 aromatic carbocycles. The summed E-state index contributed by atoms with van der Waals surface area (Å²) in [5.74, 6) is 0.279. The smallest absolute Gasteiger partial charge is 0.243 e. The number of benzene rings is 2. The summed E-state index contributed by atoms with van der Waals surface area (Å²) in [6, 6.07) is 14.4. The summed E-state index contributed by atoms with van der Waals surface area (Å²) < 4.78 is 27.8. The van der Waals surface area contributed by atoms with Crippen molar-refractivity contribution < 1.29 is 13.2 Å². The molecule has 1 saturated heterocycles. The van der Waals surface area contributed by atoms with Crippen LogP contribution in [0.25, 0.3) is 0 Å². The lowest BCUT2D eigenvalue weighted by Gasteiger charge is -2.34. The van der Waals surface area contributed by atoms with Crippen LogP contribution in [0.3, 0.4) is 0 Å². The average Bonchev–Trinajstić information content (AvgIpc) is 2.69. The lowest BCUT2D eigenvalue weighted by atomic mass is 10.0. The van der Waals surface area contributed by atoms with Gasteiger partial charge >= 0.3 is 0 Å². The molecule has 29 heavy (non-hydrogen) atoms. The van der Waals surface area contributed by atoms with Crippen LogP contribution in [-0.4, -0.2) is 31.2 Å². The lowest BCUT2D eigenvalue weighted by Crippen LogP contribution is -2.45. The zero-order chi connectivity index (χ0) is 21.0. The summed E-state index contributed by atoms with van der Waals surface area (Å²) in [7, 11) is -3.61. The number of anilines is 1. The van der Waals surface area contributed by atoms with Crippen molar-refractivity contribution in [2.45, 2.75) is 63.3 Å². The number of hydrogen-bond acceptors (Lipinski definition) is 3. The van der Waals surface area contributed by atoms with Gasteiger partial charge in [-0.05, 0) is 55.5 Å². The first-order valence-corrected chi connectivity index (χ1v) is 11.7. The fraction of sp³-hybridized carbons (Fsp3) is 0.435. The molecule has 1 heterocycles. The first kappa shape index (κ1) is 21.5. The molecule has 0 aliphatic carbocycles. The van der Waals surface area contributed by atoms with E-state index in [0.717, 1.165) is 24.1 Å². The predicted octanol–water partition coefficient (Wildman–Crippen LogP) is 4.69. The maximum Gasteiger partial charge on any atom is 0.243 e. The highest BCUT2D eigenvalue weighted by molar-refractivity contribution is 7.89. The van der Waals surface area contributed by atoms with E-state index in [1.165, 1.54) is 9.87 Å². The number of aryl methyl sites for hydroxylation is 1. The molecule has 5 nitrogen and oxygen atoms in total. The van der Waals surface area contributed by atoms with Gasteiger partial charge in [0.05, 0.1) is 4.90 Å². The van der Waals surface area contributed by atoms with Crippen molar-refractivity contribution in [3.05, 3.63) is 59.7 Å². The number of sulfonamides is 1. The third-order valence-corrected chi connectivity index (χ3v) is 7.45. The van der Waals surface area contributed by atoms with Crippen LogP contribution in [0.5, 0.6) is 0 Å². The van der Waals surface area contributed by atoms with Crippen molar-refractivity contribution >= 4 is 21.6 Å². The molecule has 0 spiro atoms. The lowest BCUT2D eigenvalue weighted by molar-refractivity contribution is -0.117. The zero-order valence-corrected chi connectivity index (χ0v) is 18.2.